The molecule has 2 saturated heterocycles. The summed E-state index contributed by atoms with van der Waals surface area (Å²) in [7, 11) is 0. The van der Waals surface area contributed by atoms with Gasteiger partial charge in [0, 0.05) is 6.61 Å². The van der Waals surface area contributed by atoms with Crippen molar-refractivity contribution in [2.24, 2.45) is 17.8 Å². The summed E-state index contributed by atoms with van der Waals surface area (Å²) in [5, 5.41) is 14.8. The molecule has 6 heteroatoms. The fourth-order valence-electron chi connectivity index (χ4n) is 4.20. The highest BCUT2D eigenvalue weighted by molar-refractivity contribution is 6.27. The van der Waals surface area contributed by atoms with Crippen molar-refractivity contribution in [3.63, 3.8) is 0 Å². The van der Waals surface area contributed by atoms with Crippen molar-refractivity contribution in [2.75, 3.05) is 26.2 Å². The molecule has 0 aliphatic carbocycles. The first-order valence-corrected chi connectivity index (χ1v) is 10.4. The Labute approximate surface area is 164 Å². The second-order valence-electron chi connectivity index (χ2n) is 9.04. The summed E-state index contributed by atoms with van der Waals surface area (Å²) in [6, 6.07) is 0. The van der Waals surface area contributed by atoms with E-state index in [9.17, 15) is 0 Å². The molecule has 0 aromatic heterocycles. The maximum atomic E-state index is 9.10. The van der Waals surface area contributed by atoms with Gasteiger partial charge in [-0.05, 0) is 89.8 Å². The van der Waals surface area contributed by atoms with Crippen LogP contribution in [0.2, 0.25) is 0 Å². The number of rotatable bonds is 7. The van der Waals surface area contributed by atoms with Gasteiger partial charge in [0.15, 0.2) is 0 Å². The molecule has 0 aromatic rings. The minimum atomic E-state index is -1.82. The van der Waals surface area contributed by atoms with Crippen LogP contribution < -0.4 is 0 Å². The van der Waals surface area contributed by atoms with Crippen molar-refractivity contribution in [1.82, 2.24) is 4.90 Å². The van der Waals surface area contributed by atoms with Crippen molar-refractivity contribution >= 4 is 11.9 Å². The third-order valence-electron chi connectivity index (χ3n) is 5.71. The smallest absolute Gasteiger partial charge is 0.414 e. The van der Waals surface area contributed by atoms with Crippen LogP contribution in [0.25, 0.3) is 0 Å². The van der Waals surface area contributed by atoms with Gasteiger partial charge in [-0.15, -0.1) is 0 Å². The number of carboxylic acid groups (broad SMARTS) is 2. The highest BCUT2D eigenvalue weighted by Gasteiger charge is 2.33. The largest absolute Gasteiger partial charge is 0.473 e. The number of hydrogen-bond acceptors (Lipinski definition) is 4. The van der Waals surface area contributed by atoms with Crippen LogP contribution in [-0.2, 0) is 14.3 Å². The molecule has 0 spiro atoms. The molecule has 2 rings (SSSR count). The van der Waals surface area contributed by atoms with Gasteiger partial charge in [-0.2, -0.15) is 0 Å². The molecule has 2 atom stereocenters. The summed E-state index contributed by atoms with van der Waals surface area (Å²) in [5.74, 6) is -1.01. The van der Waals surface area contributed by atoms with Gasteiger partial charge in [0.05, 0.1) is 5.60 Å². The van der Waals surface area contributed by atoms with E-state index in [4.69, 9.17) is 24.5 Å². The lowest BCUT2D eigenvalue weighted by molar-refractivity contribution is -0.159. The van der Waals surface area contributed by atoms with Crippen LogP contribution in [0.5, 0.6) is 0 Å². The van der Waals surface area contributed by atoms with E-state index in [1.165, 1.54) is 64.6 Å². The van der Waals surface area contributed by atoms with Gasteiger partial charge >= 0.3 is 11.9 Å². The number of nitrogens with zero attached hydrogens (tertiary/aromatic N) is 1. The first-order chi connectivity index (χ1) is 12.6. The summed E-state index contributed by atoms with van der Waals surface area (Å²) < 4.78 is 5.94. The maximum absolute atomic E-state index is 9.10. The van der Waals surface area contributed by atoms with E-state index in [2.05, 4.69) is 32.6 Å². The average Bonchev–Trinajstić information content (AvgIpc) is 3.07. The monoisotopic (exact) mass is 385 g/mol. The van der Waals surface area contributed by atoms with E-state index >= 15 is 0 Å². The summed E-state index contributed by atoms with van der Waals surface area (Å²) >= 11 is 0. The lowest BCUT2D eigenvalue weighted by atomic mass is 9.75. The highest BCUT2D eigenvalue weighted by atomic mass is 16.5. The molecule has 0 aromatic carbocycles. The van der Waals surface area contributed by atoms with Gasteiger partial charge in [-0.25, -0.2) is 9.59 Å². The van der Waals surface area contributed by atoms with E-state index in [1.807, 2.05) is 0 Å². The Balaban J connectivity index is 0.000000527. The van der Waals surface area contributed by atoms with E-state index < -0.39 is 11.9 Å². The molecular weight excluding hydrogens is 346 g/mol. The molecule has 0 bridgehead atoms. The van der Waals surface area contributed by atoms with Gasteiger partial charge in [-0.1, -0.05) is 20.3 Å². The summed E-state index contributed by atoms with van der Waals surface area (Å²) in [6.07, 6.45) is 9.60. The quantitative estimate of drug-likeness (QED) is 0.647. The van der Waals surface area contributed by atoms with E-state index in [0.717, 1.165) is 24.4 Å². The Morgan fingerprint density at radius 1 is 1.07 bits per heavy atom. The number of carboxylic acids is 2. The zero-order valence-corrected chi connectivity index (χ0v) is 17.6. The molecule has 27 heavy (non-hydrogen) atoms. The van der Waals surface area contributed by atoms with Crippen LogP contribution in [0.15, 0.2) is 0 Å². The molecule has 2 heterocycles. The standard InChI is InChI=1S/C19H37NO.C2H2O4/c1-16(2)7-8-17(9-13-20-11-5-6-12-20)18-10-14-21-19(3,4)15-18;3-1(4)2(5)6/h16-18H,5-15H2,1-4H3;(H,3,4)(H,5,6). The molecule has 2 aliphatic rings. The van der Waals surface area contributed by atoms with Crippen LogP contribution in [0, 0.1) is 17.8 Å². The average molecular weight is 386 g/mol. The van der Waals surface area contributed by atoms with Crippen LogP contribution in [0.3, 0.4) is 0 Å². The zero-order valence-electron chi connectivity index (χ0n) is 17.6. The number of aliphatic carboxylic acids is 2. The summed E-state index contributed by atoms with van der Waals surface area (Å²) in [6.45, 7) is 14.3. The predicted octanol–water partition coefficient (Wildman–Crippen LogP) is 3.89. The van der Waals surface area contributed by atoms with Crippen molar-refractivity contribution in [1.29, 1.82) is 0 Å². The molecule has 6 nitrogen and oxygen atoms in total. The second-order valence-corrected chi connectivity index (χ2v) is 9.04. The molecular formula is C21H39NO5. The molecule has 158 valence electrons. The minimum Gasteiger partial charge on any atom is -0.473 e. The molecule has 2 fully saturated rings. The normalized spacial score (nSPS) is 23.5. The molecule has 0 radical (unpaired) electrons. The molecule has 2 aliphatic heterocycles. The van der Waals surface area contributed by atoms with Crippen molar-refractivity contribution in [3.8, 4) is 0 Å². The molecule has 0 saturated carbocycles. The second kappa shape index (κ2) is 11.6. The van der Waals surface area contributed by atoms with Crippen molar-refractivity contribution < 1.29 is 24.5 Å². The Kier molecular flexibility index (Phi) is 10.3. The van der Waals surface area contributed by atoms with Gasteiger partial charge in [0.25, 0.3) is 0 Å². The van der Waals surface area contributed by atoms with E-state index in [-0.39, 0.29) is 5.60 Å². The van der Waals surface area contributed by atoms with Gasteiger partial charge in [0.1, 0.15) is 0 Å². The Morgan fingerprint density at radius 3 is 2.15 bits per heavy atom. The van der Waals surface area contributed by atoms with Crippen molar-refractivity contribution in [2.45, 2.75) is 78.2 Å². The lowest BCUT2D eigenvalue weighted by Gasteiger charge is -2.40. The zero-order chi connectivity index (χ0) is 20.4. The number of ether oxygens (including phenoxy) is 1. The van der Waals surface area contributed by atoms with Crippen LogP contribution in [-0.4, -0.2) is 58.9 Å². The summed E-state index contributed by atoms with van der Waals surface area (Å²) in [4.78, 5) is 20.9. The van der Waals surface area contributed by atoms with E-state index in [1.54, 1.807) is 0 Å². The third kappa shape index (κ3) is 10.1. The third-order valence-corrected chi connectivity index (χ3v) is 5.71. The molecule has 2 unspecified atom stereocenters. The number of carbonyl (C=O) groups is 2. The fraction of sp³-hybridized carbons (Fsp3) is 0.905. The van der Waals surface area contributed by atoms with E-state index in [0.29, 0.717) is 0 Å². The SMILES string of the molecule is CC(C)CCC(CCN1CCCC1)C1CCOC(C)(C)C1.O=C(O)C(=O)O. The fourth-order valence-corrected chi connectivity index (χ4v) is 4.20. The van der Waals surface area contributed by atoms with Crippen molar-refractivity contribution in [3.05, 3.63) is 0 Å². The van der Waals surface area contributed by atoms with Crippen LogP contribution in [0.4, 0.5) is 0 Å². The highest BCUT2D eigenvalue weighted by Crippen LogP contribution is 2.37. The minimum absolute atomic E-state index is 0.104. The van der Waals surface area contributed by atoms with Crippen LogP contribution >= 0.6 is 0 Å². The Bertz CT molecular complexity index is 445. The summed E-state index contributed by atoms with van der Waals surface area (Å²) in [5.41, 5.74) is 0.104. The number of likely N-dealkylation sites (tertiary alicyclic amines) is 1. The van der Waals surface area contributed by atoms with Gasteiger partial charge in [-0.3, -0.25) is 0 Å². The lowest BCUT2D eigenvalue weighted by Crippen LogP contribution is -2.37. The Hall–Kier alpha value is -1.14. The number of hydrogen-bond donors (Lipinski definition) is 2. The van der Waals surface area contributed by atoms with Gasteiger partial charge in [0.2, 0.25) is 0 Å². The first-order valence-electron chi connectivity index (χ1n) is 10.4. The first kappa shape index (κ1) is 23.9. The Morgan fingerprint density at radius 2 is 1.67 bits per heavy atom. The predicted molar refractivity (Wildman–Crippen MR) is 106 cm³/mol. The molecule has 0 amide bonds. The van der Waals surface area contributed by atoms with Crippen LogP contribution in [0.1, 0.15) is 72.6 Å². The van der Waals surface area contributed by atoms with Gasteiger partial charge < -0.3 is 19.8 Å². The topological polar surface area (TPSA) is 87.1 Å². The maximum Gasteiger partial charge on any atom is 0.414 e. The molecule has 2 N–H and O–H groups in total.